The molecule has 0 spiro atoms. The van der Waals surface area contributed by atoms with Gasteiger partial charge in [0.25, 0.3) is 0 Å². The van der Waals surface area contributed by atoms with Crippen LogP contribution in [0, 0.1) is 5.92 Å². The Labute approximate surface area is 173 Å². The van der Waals surface area contributed by atoms with Crippen LogP contribution < -0.4 is 4.72 Å². The molecule has 0 aliphatic carbocycles. The summed E-state index contributed by atoms with van der Waals surface area (Å²) in [5.41, 5.74) is 0.714. The van der Waals surface area contributed by atoms with Gasteiger partial charge < -0.3 is 9.64 Å². The maximum absolute atomic E-state index is 13.0. The Balaban J connectivity index is 1.78. The molecule has 150 valence electrons. The number of nitrogens with zero attached hydrogens (tertiary/aromatic N) is 1. The first-order valence-electron chi connectivity index (χ1n) is 9.31. The van der Waals surface area contributed by atoms with Crippen LogP contribution in [0.15, 0.2) is 59.5 Å². The van der Waals surface area contributed by atoms with Crippen molar-refractivity contribution in [2.45, 2.75) is 30.4 Å². The van der Waals surface area contributed by atoms with E-state index in [1.807, 2.05) is 37.4 Å². The number of nitrogens with one attached hydrogen (secondary N) is 1. The van der Waals surface area contributed by atoms with E-state index in [-0.39, 0.29) is 6.10 Å². The number of rotatable bonds is 6. The minimum absolute atomic E-state index is 0.178. The highest BCUT2D eigenvalue weighted by molar-refractivity contribution is 7.83. The van der Waals surface area contributed by atoms with E-state index in [1.165, 1.54) is 0 Å². The van der Waals surface area contributed by atoms with E-state index in [0.717, 1.165) is 13.0 Å². The highest BCUT2D eigenvalue weighted by Crippen LogP contribution is 2.23. The molecule has 1 saturated heterocycles. The summed E-state index contributed by atoms with van der Waals surface area (Å²) in [4.78, 5) is 15.7. The van der Waals surface area contributed by atoms with Crippen LogP contribution in [0.25, 0.3) is 0 Å². The zero-order valence-corrected chi connectivity index (χ0v) is 17.6. The predicted molar refractivity (Wildman–Crippen MR) is 111 cm³/mol. The number of likely N-dealkylation sites (N-methyl/N-ethyl adjacent to an activating group) is 1. The molecule has 3 rings (SSSR count). The minimum atomic E-state index is -1.58. The van der Waals surface area contributed by atoms with Gasteiger partial charge in [-0.25, -0.2) is 13.7 Å². The van der Waals surface area contributed by atoms with Crippen LogP contribution in [0.4, 0.5) is 0 Å². The van der Waals surface area contributed by atoms with Crippen LogP contribution in [-0.4, -0.2) is 41.3 Å². The number of carbonyl (C=O) groups excluding carboxylic acids is 1. The van der Waals surface area contributed by atoms with Gasteiger partial charge in [-0.3, -0.25) is 0 Å². The Hall–Kier alpha value is -1.73. The Morgan fingerprint density at radius 2 is 1.89 bits per heavy atom. The number of hydrogen-bond acceptors (Lipinski definition) is 4. The summed E-state index contributed by atoms with van der Waals surface area (Å²) in [6.07, 6.45) is 0.803. The second-order valence-electron chi connectivity index (χ2n) is 7.19. The van der Waals surface area contributed by atoms with E-state index < -0.39 is 23.0 Å². The van der Waals surface area contributed by atoms with Gasteiger partial charge in [-0.2, -0.15) is 0 Å². The third-order valence-electron chi connectivity index (χ3n) is 4.98. The lowest BCUT2D eigenvalue weighted by molar-refractivity contribution is -0.156. The number of carbonyl (C=O) groups is 1. The molecule has 1 aliphatic rings. The molecule has 5 nitrogen and oxygen atoms in total. The fourth-order valence-electron chi connectivity index (χ4n) is 3.19. The Kier molecular flexibility index (Phi) is 7.24. The molecule has 3 unspecified atom stereocenters. The molecule has 0 aromatic heterocycles. The number of benzene rings is 2. The number of likely N-dealkylation sites (tertiary alicyclic amines) is 1. The minimum Gasteiger partial charge on any atom is -0.459 e. The summed E-state index contributed by atoms with van der Waals surface area (Å²) in [6.45, 7) is 3.80. The van der Waals surface area contributed by atoms with Gasteiger partial charge >= 0.3 is 5.97 Å². The van der Waals surface area contributed by atoms with Crippen LogP contribution in [0.1, 0.15) is 24.9 Å². The van der Waals surface area contributed by atoms with Crippen molar-refractivity contribution in [2.75, 3.05) is 20.1 Å². The fraction of sp³-hybridized carbons (Fsp3) is 0.381. The summed E-state index contributed by atoms with van der Waals surface area (Å²) < 4.78 is 21.6. The fourth-order valence-corrected chi connectivity index (χ4v) is 4.28. The van der Waals surface area contributed by atoms with Crippen LogP contribution in [0.3, 0.4) is 0 Å². The monoisotopic (exact) mass is 420 g/mol. The van der Waals surface area contributed by atoms with Crippen molar-refractivity contribution >= 4 is 28.6 Å². The third kappa shape index (κ3) is 5.41. The number of ether oxygens (including phenoxy) is 1. The predicted octanol–water partition coefficient (Wildman–Crippen LogP) is 3.58. The van der Waals surface area contributed by atoms with Crippen molar-refractivity contribution in [3.8, 4) is 0 Å². The molecule has 1 aliphatic heterocycles. The van der Waals surface area contributed by atoms with Crippen molar-refractivity contribution in [1.29, 1.82) is 0 Å². The molecule has 2 aromatic rings. The highest BCUT2D eigenvalue weighted by Gasteiger charge is 2.32. The molecule has 1 fully saturated rings. The van der Waals surface area contributed by atoms with Crippen LogP contribution >= 0.6 is 11.6 Å². The lowest BCUT2D eigenvalue weighted by Gasteiger charge is -2.35. The molecule has 1 heterocycles. The van der Waals surface area contributed by atoms with E-state index in [4.69, 9.17) is 16.3 Å². The van der Waals surface area contributed by atoms with Gasteiger partial charge in [0.05, 0.1) is 4.90 Å². The van der Waals surface area contributed by atoms with Crippen molar-refractivity contribution in [2.24, 2.45) is 5.92 Å². The van der Waals surface area contributed by atoms with Gasteiger partial charge in [-0.1, -0.05) is 48.9 Å². The van der Waals surface area contributed by atoms with Crippen LogP contribution in [-0.2, 0) is 20.5 Å². The zero-order chi connectivity index (χ0) is 20.1. The normalized spacial score (nSPS) is 22.4. The van der Waals surface area contributed by atoms with E-state index in [0.29, 0.717) is 27.9 Å². The van der Waals surface area contributed by atoms with E-state index in [1.54, 1.807) is 24.3 Å². The van der Waals surface area contributed by atoms with Crippen LogP contribution in [0.2, 0.25) is 5.02 Å². The Morgan fingerprint density at radius 1 is 1.21 bits per heavy atom. The van der Waals surface area contributed by atoms with E-state index in [2.05, 4.69) is 16.5 Å². The quantitative estimate of drug-likeness (QED) is 0.726. The van der Waals surface area contributed by atoms with Gasteiger partial charge in [-0.15, -0.1) is 0 Å². The Bertz CT molecular complexity index is 816. The average Bonchev–Trinajstić information content (AvgIpc) is 2.70. The molecule has 0 bridgehead atoms. The summed E-state index contributed by atoms with van der Waals surface area (Å²) in [5.74, 6) is -0.126. The van der Waals surface area contributed by atoms with Gasteiger partial charge in [0.2, 0.25) is 0 Å². The van der Waals surface area contributed by atoms with E-state index >= 15 is 0 Å². The molecule has 2 aromatic carbocycles. The SMILES string of the molecule is CC1CCN(C)C[C@@H]1OC(=O)C(NS(=O)c1ccc(Cl)cc1)c1ccccc1. The molecule has 0 amide bonds. The van der Waals surface area contributed by atoms with Gasteiger partial charge in [0.15, 0.2) is 0 Å². The highest BCUT2D eigenvalue weighted by atomic mass is 35.5. The summed E-state index contributed by atoms with van der Waals surface area (Å²) >= 11 is 5.90. The molecule has 28 heavy (non-hydrogen) atoms. The second-order valence-corrected chi connectivity index (χ2v) is 8.87. The van der Waals surface area contributed by atoms with Gasteiger partial charge in [-0.05, 0) is 55.8 Å². The summed E-state index contributed by atoms with van der Waals surface area (Å²) in [6, 6.07) is 15.1. The number of piperidine rings is 1. The number of halogens is 1. The van der Waals surface area contributed by atoms with Crippen molar-refractivity contribution in [3.05, 3.63) is 65.2 Å². The van der Waals surface area contributed by atoms with Crippen molar-refractivity contribution in [3.63, 3.8) is 0 Å². The maximum Gasteiger partial charge on any atom is 0.329 e. The molecule has 7 heteroatoms. The molecule has 4 atom stereocenters. The first kappa shape index (κ1) is 21.0. The average molecular weight is 421 g/mol. The maximum atomic E-state index is 13.0. The number of esters is 1. The standard InChI is InChI=1S/C21H25ClN2O3S/c1-15-12-13-24(2)14-19(15)27-21(25)20(16-6-4-3-5-7-16)23-28(26)18-10-8-17(22)9-11-18/h3-11,15,19-20,23H,12-14H2,1-2H3/t15?,19-,20?,28?/m0/s1. The lowest BCUT2D eigenvalue weighted by Crippen LogP contribution is -2.45. The number of hydrogen-bond donors (Lipinski definition) is 1. The molecule has 0 radical (unpaired) electrons. The summed E-state index contributed by atoms with van der Waals surface area (Å²) in [5, 5.41) is 0.565. The largest absolute Gasteiger partial charge is 0.459 e. The molecule has 1 N–H and O–H groups in total. The summed E-state index contributed by atoms with van der Waals surface area (Å²) in [7, 11) is 0.438. The first-order chi connectivity index (χ1) is 13.4. The van der Waals surface area contributed by atoms with Crippen LogP contribution in [0.5, 0.6) is 0 Å². The smallest absolute Gasteiger partial charge is 0.329 e. The lowest BCUT2D eigenvalue weighted by atomic mass is 9.96. The zero-order valence-electron chi connectivity index (χ0n) is 16.0. The Morgan fingerprint density at radius 3 is 2.57 bits per heavy atom. The molecular formula is C21H25ClN2O3S. The first-order valence-corrected chi connectivity index (χ1v) is 10.8. The molecular weight excluding hydrogens is 396 g/mol. The molecule has 0 saturated carbocycles. The third-order valence-corrected chi connectivity index (χ3v) is 6.38. The van der Waals surface area contributed by atoms with Crippen molar-refractivity contribution < 1.29 is 13.7 Å². The van der Waals surface area contributed by atoms with Gasteiger partial charge in [0, 0.05) is 11.6 Å². The van der Waals surface area contributed by atoms with Crippen molar-refractivity contribution in [1.82, 2.24) is 9.62 Å². The second kappa shape index (κ2) is 9.65. The van der Waals surface area contributed by atoms with Gasteiger partial charge in [0.1, 0.15) is 23.1 Å². The topological polar surface area (TPSA) is 58.6 Å². The van der Waals surface area contributed by atoms with E-state index in [9.17, 15) is 9.00 Å².